The monoisotopic (exact) mass is 350 g/mol. The van der Waals surface area contributed by atoms with E-state index in [2.05, 4.69) is 5.32 Å². The Hall–Kier alpha value is -0.820. The number of nitrogens with one attached hydrogen (secondary N) is 1. The first kappa shape index (κ1) is 16.5. The average Bonchev–Trinajstić information content (AvgIpc) is 2.41. The first-order valence-corrected chi connectivity index (χ1v) is 9.09. The van der Waals surface area contributed by atoms with E-state index in [4.69, 9.17) is 23.2 Å². The Morgan fingerprint density at radius 1 is 1.38 bits per heavy atom. The third-order valence-electron chi connectivity index (χ3n) is 3.41. The second-order valence-corrected chi connectivity index (χ2v) is 7.90. The van der Waals surface area contributed by atoms with Crippen LogP contribution in [0.15, 0.2) is 18.2 Å². The number of nitrogens with zero attached hydrogens (tertiary/aromatic N) is 1. The number of carbonyl (C=O) groups excluding carboxylic acids is 1. The molecular weight excluding hydrogens is 335 g/mol. The van der Waals surface area contributed by atoms with E-state index < -0.39 is 10.0 Å². The minimum absolute atomic E-state index is 0.204. The second-order valence-electron chi connectivity index (χ2n) is 5.07. The molecule has 1 saturated heterocycles. The molecule has 0 saturated carbocycles. The number of anilines is 1. The fourth-order valence-corrected chi connectivity index (χ4v) is 3.65. The lowest BCUT2D eigenvalue weighted by Crippen LogP contribution is -2.43. The van der Waals surface area contributed by atoms with Crippen molar-refractivity contribution in [2.24, 2.45) is 5.92 Å². The highest BCUT2D eigenvalue weighted by Crippen LogP contribution is 2.27. The molecule has 0 bridgehead atoms. The summed E-state index contributed by atoms with van der Waals surface area (Å²) in [5, 5.41) is 3.57. The fraction of sp³-hybridized carbons (Fsp3) is 0.462. The summed E-state index contributed by atoms with van der Waals surface area (Å²) in [6, 6.07) is 4.80. The number of sulfonamides is 1. The Morgan fingerprint density at radius 3 is 2.71 bits per heavy atom. The molecular formula is C13H16Cl2N2O3S. The van der Waals surface area contributed by atoms with E-state index in [1.165, 1.54) is 4.31 Å². The summed E-state index contributed by atoms with van der Waals surface area (Å²) in [5.41, 5.74) is 0.475. The van der Waals surface area contributed by atoms with Gasteiger partial charge in [0.15, 0.2) is 0 Å². The molecule has 5 nitrogen and oxygen atoms in total. The minimum atomic E-state index is -3.27. The van der Waals surface area contributed by atoms with Gasteiger partial charge in [-0.3, -0.25) is 4.79 Å². The summed E-state index contributed by atoms with van der Waals surface area (Å²) in [6.45, 7) is 0.667. The number of rotatable bonds is 3. The molecule has 1 atom stereocenters. The topological polar surface area (TPSA) is 66.5 Å². The number of amides is 1. The van der Waals surface area contributed by atoms with Crippen LogP contribution >= 0.6 is 23.2 Å². The van der Waals surface area contributed by atoms with Gasteiger partial charge in [0, 0.05) is 18.1 Å². The van der Waals surface area contributed by atoms with Gasteiger partial charge >= 0.3 is 0 Å². The van der Waals surface area contributed by atoms with E-state index in [1.54, 1.807) is 18.2 Å². The molecule has 1 heterocycles. The van der Waals surface area contributed by atoms with Crippen molar-refractivity contribution in [1.82, 2.24) is 4.31 Å². The van der Waals surface area contributed by atoms with Crippen LogP contribution in [0.4, 0.5) is 5.69 Å². The van der Waals surface area contributed by atoms with Crippen LogP contribution < -0.4 is 5.32 Å². The molecule has 1 N–H and O–H groups in total. The van der Waals surface area contributed by atoms with E-state index >= 15 is 0 Å². The van der Waals surface area contributed by atoms with Gasteiger partial charge in [-0.15, -0.1) is 0 Å². The first-order chi connectivity index (χ1) is 9.77. The number of benzene rings is 1. The van der Waals surface area contributed by atoms with Gasteiger partial charge in [-0.2, -0.15) is 0 Å². The zero-order valence-corrected chi connectivity index (χ0v) is 13.8. The van der Waals surface area contributed by atoms with E-state index in [-0.39, 0.29) is 18.4 Å². The summed E-state index contributed by atoms with van der Waals surface area (Å²) in [7, 11) is -3.27. The Bertz CT molecular complexity index is 649. The van der Waals surface area contributed by atoms with Crippen LogP contribution in [-0.2, 0) is 14.8 Å². The lowest BCUT2D eigenvalue weighted by molar-refractivity contribution is -0.120. The fourth-order valence-electron chi connectivity index (χ4n) is 2.28. The highest BCUT2D eigenvalue weighted by Gasteiger charge is 2.30. The van der Waals surface area contributed by atoms with Gasteiger partial charge in [-0.1, -0.05) is 23.2 Å². The molecule has 2 rings (SSSR count). The van der Waals surface area contributed by atoms with Crippen LogP contribution in [0.2, 0.25) is 10.0 Å². The van der Waals surface area contributed by atoms with E-state index in [9.17, 15) is 13.2 Å². The Kier molecular flexibility index (Phi) is 5.14. The SMILES string of the molecule is CS(=O)(=O)N1CCCC(C(=O)Nc2ccc(Cl)cc2Cl)C1. The molecule has 1 aliphatic heterocycles. The van der Waals surface area contributed by atoms with Crippen molar-refractivity contribution >= 4 is 44.8 Å². The van der Waals surface area contributed by atoms with Crippen LogP contribution in [0, 0.1) is 5.92 Å². The second kappa shape index (κ2) is 6.52. The van der Waals surface area contributed by atoms with Gasteiger partial charge in [-0.05, 0) is 31.0 Å². The Balaban J connectivity index is 2.06. The third kappa shape index (κ3) is 4.32. The molecule has 21 heavy (non-hydrogen) atoms. The van der Waals surface area contributed by atoms with Crippen molar-refractivity contribution in [2.75, 3.05) is 24.7 Å². The first-order valence-electron chi connectivity index (χ1n) is 6.48. The number of carbonyl (C=O) groups is 1. The highest BCUT2D eigenvalue weighted by atomic mass is 35.5. The molecule has 8 heteroatoms. The lowest BCUT2D eigenvalue weighted by Gasteiger charge is -2.30. The van der Waals surface area contributed by atoms with Crippen molar-refractivity contribution < 1.29 is 13.2 Å². The number of halogens is 2. The molecule has 1 aromatic rings. The number of hydrogen-bond donors (Lipinski definition) is 1. The smallest absolute Gasteiger partial charge is 0.228 e. The zero-order chi connectivity index (χ0) is 15.6. The predicted octanol–water partition coefficient (Wildman–Crippen LogP) is 2.60. The maximum Gasteiger partial charge on any atom is 0.228 e. The van der Waals surface area contributed by atoms with Crippen molar-refractivity contribution in [3.05, 3.63) is 28.2 Å². The van der Waals surface area contributed by atoms with Crippen LogP contribution in [0.25, 0.3) is 0 Å². The molecule has 0 aliphatic carbocycles. The van der Waals surface area contributed by atoms with Crippen molar-refractivity contribution in [1.29, 1.82) is 0 Å². The molecule has 0 radical (unpaired) electrons. The standard InChI is InChI=1S/C13H16Cl2N2O3S/c1-21(19,20)17-6-2-3-9(8-17)13(18)16-12-5-4-10(14)7-11(12)15/h4-5,7,9H,2-3,6,8H2,1H3,(H,16,18). The van der Waals surface area contributed by atoms with Crippen LogP contribution in [0.1, 0.15) is 12.8 Å². The molecule has 116 valence electrons. The maximum atomic E-state index is 12.3. The molecule has 1 amide bonds. The average molecular weight is 351 g/mol. The molecule has 1 aromatic carbocycles. The molecule has 1 fully saturated rings. The minimum Gasteiger partial charge on any atom is -0.324 e. The molecule has 1 unspecified atom stereocenters. The van der Waals surface area contributed by atoms with Gasteiger partial charge in [0.2, 0.25) is 15.9 Å². The summed E-state index contributed by atoms with van der Waals surface area (Å²) in [5.74, 6) is -0.604. The van der Waals surface area contributed by atoms with Crippen molar-refractivity contribution in [3.8, 4) is 0 Å². The normalized spacial score (nSPS) is 20.2. The molecule has 0 aromatic heterocycles. The van der Waals surface area contributed by atoms with Crippen LogP contribution in [0.3, 0.4) is 0 Å². The van der Waals surface area contributed by atoms with Crippen LogP contribution in [-0.4, -0.2) is 38.0 Å². The van der Waals surface area contributed by atoms with E-state index in [0.717, 1.165) is 6.26 Å². The summed E-state index contributed by atoms with van der Waals surface area (Å²) >= 11 is 11.8. The van der Waals surface area contributed by atoms with Gasteiger partial charge in [0.25, 0.3) is 0 Å². The van der Waals surface area contributed by atoms with Gasteiger partial charge in [-0.25, -0.2) is 12.7 Å². The number of piperidine rings is 1. The summed E-state index contributed by atoms with van der Waals surface area (Å²) in [4.78, 5) is 12.3. The lowest BCUT2D eigenvalue weighted by atomic mass is 9.99. The zero-order valence-electron chi connectivity index (χ0n) is 11.5. The molecule has 1 aliphatic rings. The largest absolute Gasteiger partial charge is 0.324 e. The van der Waals surface area contributed by atoms with Gasteiger partial charge < -0.3 is 5.32 Å². The summed E-state index contributed by atoms with van der Waals surface area (Å²) < 4.78 is 24.5. The van der Waals surface area contributed by atoms with Gasteiger partial charge in [0.05, 0.1) is 22.9 Å². The highest BCUT2D eigenvalue weighted by molar-refractivity contribution is 7.88. The Morgan fingerprint density at radius 2 is 2.10 bits per heavy atom. The third-order valence-corrected chi connectivity index (χ3v) is 5.23. The predicted molar refractivity (Wildman–Crippen MR) is 84.2 cm³/mol. The number of hydrogen-bond acceptors (Lipinski definition) is 3. The van der Waals surface area contributed by atoms with Crippen molar-refractivity contribution in [2.45, 2.75) is 12.8 Å². The maximum absolute atomic E-state index is 12.3. The van der Waals surface area contributed by atoms with Crippen LogP contribution in [0.5, 0.6) is 0 Å². The molecule has 0 spiro atoms. The van der Waals surface area contributed by atoms with E-state index in [0.29, 0.717) is 35.1 Å². The Labute approximate surface area is 134 Å². The van der Waals surface area contributed by atoms with E-state index in [1.807, 2.05) is 0 Å². The van der Waals surface area contributed by atoms with Crippen molar-refractivity contribution in [3.63, 3.8) is 0 Å². The summed E-state index contributed by atoms with van der Waals surface area (Å²) in [6.07, 6.45) is 2.48. The quantitative estimate of drug-likeness (QED) is 0.910. The van der Waals surface area contributed by atoms with Gasteiger partial charge in [0.1, 0.15) is 0 Å².